The molecule has 8 heteroatoms. The van der Waals surface area contributed by atoms with Crippen LogP contribution in [0.15, 0.2) is 34.9 Å². The lowest BCUT2D eigenvalue weighted by molar-refractivity contribution is -0.155. The van der Waals surface area contributed by atoms with Gasteiger partial charge in [0.25, 0.3) is 0 Å². The Bertz CT molecular complexity index is 731. The van der Waals surface area contributed by atoms with Gasteiger partial charge in [0, 0.05) is 19.5 Å². The van der Waals surface area contributed by atoms with Crippen LogP contribution in [-0.2, 0) is 27.3 Å². The molecule has 132 valence electrons. The number of carbonyl (C=O) groups is 2. The standard InChI is InChI=1S/C17H20N4O4/c1-12-19-15(25-20-12)7-8-18-17(23)14-10-24-11-16(22)21(14)9-13-5-3-2-4-6-13/h2-6,14H,7-11H2,1H3,(H,18,23)/t14-/m1/s1. The number of nitrogens with one attached hydrogen (secondary N) is 1. The lowest BCUT2D eigenvalue weighted by atomic mass is 10.1. The second-order valence-corrected chi connectivity index (χ2v) is 5.81. The number of aromatic nitrogens is 2. The minimum atomic E-state index is -0.647. The highest BCUT2D eigenvalue weighted by Crippen LogP contribution is 2.14. The number of rotatable bonds is 6. The molecular weight excluding hydrogens is 324 g/mol. The van der Waals surface area contributed by atoms with E-state index in [4.69, 9.17) is 9.26 Å². The van der Waals surface area contributed by atoms with Crippen LogP contribution in [0.25, 0.3) is 0 Å². The molecule has 0 spiro atoms. The lowest BCUT2D eigenvalue weighted by Gasteiger charge is -2.34. The summed E-state index contributed by atoms with van der Waals surface area (Å²) in [4.78, 5) is 30.3. The summed E-state index contributed by atoms with van der Waals surface area (Å²) in [5, 5.41) is 6.51. The second kappa shape index (κ2) is 7.89. The van der Waals surface area contributed by atoms with E-state index in [9.17, 15) is 9.59 Å². The quantitative estimate of drug-likeness (QED) is 0.818. The van der Waals surface area contributed by atoms with E-state index in [0.717, 1.165) is 5.56 Å². The molecule has 1 aliphatic heterocycles. The van der Waals surface area contributed by atoms with Crippen molar-refractivity contribution in [2.45, 2.75) is 25.9 Å². The zero-order valence-electron chi connectivity index (χ0n) is 14.0. The Balaban J connectivity index is 1.59. The molecular formula is C17H20N4O4. The van der Waals surface area contributed by atoms with Crippen LogP contribution in [0.4, 0.5) is 0 Å². The van der Waals surface area contributed by atoms with E-state index in [1.54, 1.807) is 11.8 Å². The second-order valence-electron chi connectivity index (χ2n) is 5.81. The minimum absolute atomic E-state index is 0.00211. The highest BCUT2D eigenvalue weighted by atomic mass is 16.5. The summed E-state index contributed by atoms with van der Waals surface area (Å²) in [5.74, 6) is 0.583. The van der Waals surface area contributed by atoms with Gasteiger partial charge in [-0.2, -0.15) is 4.98 Å². The third-order valence-electron chi connectivity index (χ3n) is 3.90. The summed E-state index contributed by atoms with van der Waals surface area (Å²) in [7, 11) is 0. The first-order valence-corrected chi connectivity index (χ1v) is 8.11. The summed E-state index contributed by atoms with van der Waals surface area (Å²) in [6.07, 6.45) is 0.437. The fraction of sp³-hybridized carbons (Fsp3) is 0.412. The normalized spacial score (nSPS) is 17.6. The van der Waals surface area contributed by atoms with Gasteiger partial charge in [-0.25, -0.2) is 0 Å². The number of hydrogen-bond acceptors (Lipinski definition) is 6. The van der Waals surface area contributed by atoms with E-state index in [-0.39, 0.29) is 25.0 Å². The maximum absolute atomic E-state index is 12.5. The molecule has 0 saturated carbocycles. The Labute approximate surface area is 145 Å². The third kappa shape index (κ3) is 4.42. The van der Waals surface area contributed by atoms with Gasteiger partial charge in [-0.15, -0.1) is 0 Å². The van der Waals surface area contributed by atoms with Gasteiger partial charge in [-0.1, -0.05) is 35.5 Å². The number of amides is 2. The summed E-state index contributed by atoms with van der Waals surface area (Å²) in [6.45, 7) is 2.65. The summed E-state index contributed by atoms with van der Waals surface area (Å²) < 4.78 is 10.3. The molecule has 1 fully saturated rings. The molecule has 2 amide bonds. The Kier molecular flexibility index (Phi) is 5.39. The Hall–Kier alpha value is -2.74. The van der Waals surface area contributed by atoms with Crippen molar-refractivity contribution in [2.24, 2.45) is 0 Å². The maximum atomic E-state index is 12.5. The van der Waals surface area contributed by atoms with Crippen LogP contribution < -0.4 is 5.32 Å². The van der Waals surface area contributed by atoms with E-state index in [1.807, 2.05) is 30.3 Å². The smallest absolute Gasteiger partial charge is 0.249 e. The van der Waals surface area contributed by atoms with Crippen LogP contribution in [0, 0.1) is 6.92 Å². The summed E-state index contributed by atoms with van der Waals surface area (Å²) >= 11 is 0. The number of hydrogen-bond donors (Lipinski definition) is 1. The van der Waals surface area contributed by atoms with Gasteiger partial charge in [0.2, 0.25) is 17.7 Å². The van der Waals surface area contributed by atoms with Crippen molar-refractivity contribution in [3.05, 3.63) is 47.6 Å². The monoisotopic (exact) mass is 344 g/mol. The molecule has 1 atom stereocenters. The van der Waals surface area contributed by atoms with E-state index >= 15 is 0 Å². The Morgan fingerprint density at radius 2 is 2.16 bits per heavy atom. The first-order valence-electron chi connectivity index (χ1n) is 8.11. The van der Waals surface area contributed by atoms with E-state index in [2.05, 4.69) is 15.5 Å². The highest BCUT2D eigenvalue weighted by Gasteiger charge is 2.33. The fourth-order valence-electron chi connectivity index (χ4n) is 2.65. The average Bonchev–Trinajstić information content (AvgIpc) is 3.03. The van der Waals surface area contributed by atoms with Crippen molar-refractivity contribution in [3.8, 4) is 0 Å². The highest BCUT2D eigenvalue weighted by molar-refractivity contribution is 5.89. The average molecular weight is 344 g/mol. The van der Waals surface area contributed by atoms with Gasteiger partial charge in [0.1, 0.15) is 12.6 Å². The first kappa shape index (κ1) is 17.1. The molecule has 0 bridgehead atoms. The van der Waals surface area contributed by atoms with Crippen LogP contribution in [0.1, 0.15) is 17.3 Å². The van der Waals surface area contributed by atoms with Gasteiger partial charge < -0.3 is 19.5 Å². The third-order valence-corrected chi connectivity index (χ3v) is 3.90. The minimum Gasteiger partial charge on any atom is -0.369 e. The zero-order valence-corrected chi connectivity index (χ0v) is 14.0. The number of aryl methyl sites for hydroxylation is 1. The predicted octanol–water partition coefficient (Wildman–Crippen LogP) is 0.464. The van der Waals surface area contributed by atoms with Crippen molar-refractivity contribution in [1.29, 1.82) is 0 Å². The molecule has 1 aliphatic rings. The van der Waals surface area contributed by atoms with Gasteiger partial charge in [0.15, 0.2) is 5.82 Å². The molecule has 0 radical (unpaired) electrons. The van der Waals surface area contributed by atoms with Gasteiger partial charge in [0.05, 0.1) is 6.61 Å². The van der Waals surface area contributed by atoms with Crippen molar-refractivity contribution >= 4 is 11.8 Å². The molecule has 1 aromatic carbocycles. The molecule has 1 aromatic heterocycles. The van der Waals surface area contributed by atoms with Crippen LogP contribution in [-0.4, -0.2) is 52.7 Å². The molecule has 0 aliphatic carbocycles. The molecule has 25 heavy (non-hydrogen) atoms. The van der Waals surface area contributed by atoms with E-state index in [0.29, 0.717) is 31.2 Å². The molecule has 1 N–H and O–H groups in total. The largest absolute Gasteiger partial charge is 0.369 e. The maximum Gasteiger partial charge on any atom is 0.249 e. The molecule has 8 nitrogen and oxygen atoms in total. The van der Waals surface area contributed by atoms with Crippen LogP contribution >= 0.6 is 0 Å². The number of morpholine rings is 1. The molecule has 3 rings (SSSR count). The van der Waals surface area contributed by atoms with Crippen molar-refractivity contribution < 1.29 is 18.8 Å². The number of carbonyl (C=O) groups excluding carboxylic acids is 2. The van der Waals surface area contributed by atoms with Crippen LogP contribution in [0.2, 0.25) is 0 Å². The lowest BCUT2D eigenvalue weighted by Crippen LogP contribution is -2.56. The number of benzene rings is 1. The van der Waals surface area contributed by atoms with Crippen molar-refractivity contribution in [1.82, 2.24) is 20.4 Å². The Morgan fingerprint density at radius 3 is 2.88 bits per heavy atom. The van der Waals surface area contributed by atoms with Crippen molar-refractivity contribution in [2.75, 3.05) is 19.8 Å². The molecule has 0 unspecified atom stereocenters. The van der Waals surface area contributed by atoms with Gasteiger partial charge >= 0.3 is 0 Å². The predicted molar refractivity (Wildman–Crippen MR) is 87.3 cm³/mol. The van der Waals surface area contributed by atoms with E-state index < -0.39 is 6.04 Å². The summed E-state index contributed by atoms with van der Waals surface area (Å²) in [5.41, 5.74) is 0.969. The Morgan fingerprint density at radius 1 is 1.36 bits per heavy atom. The number of ether oxygens (including phenoxy) is 1. The zero-order chi connectivity index (χ0) is 17.6. The van der Waals surface area contributed by atoms with Crippen LogP contribution in [0.3, 0.4) is 0 Å². The number of nitrogens with zero attached hydrogens (tertiary/aromatic N) is 3. The van der Waals surface area contributed by atoms with Gasteiger partial charge in [-0.3, -0.25) is 9.59 Å². The first-order chi connectivity index (χ1) is 12.1. The molecule has 1 saturated heterocycles. The van der Waals surface area contributed by atoms with Crippen LogP contribution in [0.5, 0.6) is 0 Å². The summed E-state index contributed by atoms with van der Waals surface area (Å²) in [6, 6.07) is 8.92. The van der Waals surface area contributed by atoms with Gasteiger partial charge in [-0.05, 0) is 12.5 Å². The molecule has 2 heterocycles. The molecule has 2 aromatic rings. The van der Waals surface area contributed by atoms with E-state index in [1.165, 1.54) is 0 Å². The fourth-order valence-corrected chi connectivity index (χ4v) is 2.65. The topological polar surface area (TPSA) is 97.6 Å². The van der Waals surface area contributed by atoms with Crippen molar-refractivity contribution in [3.63, 3.8) is 0 Å². The SMILES string of the molecule is Cc1noc(CCNC(=O)[C@H]2COCC(=O)N2Cc2ccccc2)n1.